The first-order valence-corrected chi connectivity index (χ1v) is 8.85. The quantitative estimate of drug-likeness (QED) is 0.564. The molecule has 0 saturated heterocycles. The summed E-state index contributed by atoms with van der Waals surface area (Å²) in [6.07, 6.45) is 1.12. The molecule has 3 N–H and O–H groups in total. The Kier molecular flexibility index (Phi) is 4.59. The standard InChI is InChI=1S/C18H16F4N6O/c19-10-6-11-12(8-25-14(11)24-7-10)15-23-5-2-13(27-15)28-17(3-1-4-17)16(29)26-9-18(20,21)22/h2,5-8H,1,3-4,9H2,(H,24,25)(H,26,29)(H,23,27,28). The van der Waals surface area contributed by atoms with Gasteiger partial charge in [0.25, 0.3) is 0 Å². The Labute approximate surface area is 162 Å². The van der Waals surface area contributed by atoms with E-state index in [0.29, 0.717) is 35.9 Å². The Bertz CT molecular complexity index is 1060. The molecule has 3 aromatic heterocycles. The highest BCUT2D eigenvalue weighted by molar-refractivity contribution is 5.92. The Morgan fingerprint density at radius 1 is 1.28 bits per heavy atom. The predicted octanol–water partition coefficient (Wildman–Crippen LogP) is 3.17. The largest absolute Gasteiger partial charge is 0.405 e. The maximum Gasteiger partial charge on any atom is 0.405 e. The van der Waals surface area contributed by atoms with Crippen molar-refractivity contribution in [2.24, 2.45) is 0 Å². The number of rotatable bonds is 5. The number of fused-ring (bicyclic) bond motifs is 1. The molecule has 1 fully saturated rings. The van der Waals surface area contributed by atoms with Crippen LogP contribution in [0.2, 0.25) is 0 Å². The lowest BCUT2D eigenvalue weighted by Crippen LogP contribution is -2.58. The van der Waals surface area contributed by atoms with Crippen LogP contribution in [0.1, 0.15) is 19.3 Å². The van der Waals surface area contributed by atoms with Crippen molar-refractivity contribution in [3.63, 3.8) is 0 Å². The summed E-state index contributed by atoms with van der Waals surface area (Å²) in [5.74, 6) is -0.684. The van der Waals surface area contributed by atoms with Gasteiger partial charge in [-0.3, -0.25) is 4.79 Å². The third-order valence-corrected chi connectivity index (χ3v) is 4.85. The molecule has 29 heavy (non-hydrogen) atoms. The van der Waals surface area contributed by atoms with Gasteiger partial charge in [0.15, 0.2) is 5.82 Å². The van der Waals surface area contributed by atoms with Gasteiger partial charge >= 0.3 is 6.18 Å². The van der Waals surface area contributed by atoms with Gasteiger partial charge in [-0.2, -0.15) is 13.2 Å². The van der Waals surface area contributed by atoms with E-state index in [1.807, 2.05) is 5.32 Å². The lowest BCUT2D eigenvalue weighted by atomic mass is 9.76. The number of aromatic amines is 1. The molecule has 7 nitrogen and oxygen atoms in total. The smallest absolute Gasteiger partial charge is 0.356 e. The summed E-state index contributed by atoms with van der Waals surface area (Å²) in [5, 5.41) is 5.38. The number of nitrogens with zero attached hydrogens (tertiary/aromatic N) is 3. The fourth-order valence-electron chi connectivity index (χ4n) is 3.25. The molecule has 1 saturated carbocycles. The SMILES string of the molecule is O=C(NCC(F)(F)F)C1(Nc2ccnc(-c3c[nH]c4ncc(F)cc34)n2)CCC1. The van der Waals surface area contributed by atoms with Crippen LogP contribution in [0.3, 0.4) is 0 Å². The van der Waals surface area contributed by atoms with Crippen molar-refractivity contribution in [2.75, 3.05) is 11.9 Å². The monoisotopic (exact) mass is 408 g/mol. The molecule has 0 unspecified atom stereocenters. The minimum absolute atomic E-state index is 0.263. The van der Waals surface area contributed by atoms with Crippen molar-refractivity contribution in [2.45, 2.75) is 31.0 Å². The summed E-state index contributed by atoms with van der Waals surface area (Å²) < 4.78 is 50.8. The van der Waals surface area contributed by atoms with Crippen LogP contribution in [0, 0.1) is 5.82 Å². The number of halogens is 4. The topological polar surface area (TPSA) is 95.6 Å². The van der Waals surface area contributed by atoms with E-state index in [2.05, 4.69) is 25.3 Å². The molecule has 11 heteroatoms. The van der Waals surface area contributed by atoms with E-state index in [1.54, 1.807) is 6.20 Å². The molecular weight excluding hydrogens is 392 g/mol. The van der Waals surface area contributed by atoms with Gasteiger partial charge in [-0.15, -0.1) is 0 Å². The maximum absolute atomic E-state index is 13.6. The minimum atomic E-state index is -4.48. The number of H-pyrrole nitrogens is 1. The normalized spacial score (nSPS) is 15.7. The number of pyridine rings is 1. The van der Waals surface area contributed by atoms with E-state index >= 15 is 0 Å². The van der Waals surface area contributed by atoms with Crippen LogP contribution in [0.5, 0.6) is 0 Å². The van der Waals surface area contributed by atoms with Gasteiger partial charge in [0.1, 0.15) is 29.4 Å². The molecule has 152 valence electrons. The van der Waals surface area contributed by atoms with E-state index < -0.39 is 30.0 Å². The van der Waals surface area contributed by atoms with Gasteiger partial charge in [0.05, 0.1) is 6.20 Å². The second-order valence-corrected chi connectivity index (χ2v) is 6.88. The second kappa shape index (κ2) is 6.98. The third kappa shape index (κ3) is 3.84. The number of anilines is 1. The first-order chi connectivity index (χ1) is 13.8. The highest BCUT2D eigenvalue weighted by Gasteiger charge is 2.45. The number of hydrogen-bond donors (Lipinski definition) is 3. The zero-order valence-corrected chi connectivity index (χ0v) is 15.0. The molecule has 3 aromatic rings. The zero-order chi connectivity index (χ0) is 20.6. The van der Waals surface area contributed by atoms with E-state index in [0.717, 1.165) is 6.20 Å². The van der Waals surface area contributed by atoms with Crippen LogP contribution in [-0.4, -0.2) is 44.1 Å². The lowest BCUT2D eigenvalue weighted by molar-refractivity contribution is -0.142. The molecule has 0 aliphatic heterocycles. The zero-order valence-electron chi connectivity index (χ0n) is 15.0. The fraction of sp³-hybridized carbons (Fsp3) is 0.333. The number of carbonyl (C=O) groups is 1. The number of nitrogens with one attached hydrogen (secondary N) is 3. The highest BCUT2D eigenvalue weighted by Crippen LogP contribution is 2.36. The fourth-order valence-corrected chi connectivity index (χ4v) is 3.25. The Balaban J connectivity index is 1.58. The molecule has 0 aromatic carbocycles. The molecule has 3 heterocycles. The first kappa shape index (κ1) is 19.1. The molecule has 0 atom stereocenters. The van der Waals surface area contributed by atoms with Crippen molar-refractivity contribution in [3.05, 3.63) is 36.5 Å². The van der Waals surface area contributed by atoms with E-state index in [4.69, 9.17) is 0 Å². The first-order valence-electron chi connectivity index (χ1n) is 8.85. The van der Waals surface area contributed by atoms with Gasteiger partial charge < -0.3 is 15.6 Å². The average Bonchev–Trinajstić information content (AvgIpc) is 3.05. The number of aromatic nitrogens is 4. The molecule has 1 aliphatic carbocycles. The molecule has 0 bridgehead atoms. The number of alkyl halides is 3. The number of hydrogen-bond acceptors (Lipinski definition) is 5. The third-order valence-electron chi connectivity index (χ3n) is 4.85. The number of carbonyl (C=O) groups excluding carboxylic acids is 1. The van der Waals surface area contributed by atoms with Crippen LogP contribution in [0.4, 0.5) is 23.4 Å². The highest BCUT2D eigenvalue weighted by atomic mass is 19.4. The predicted molar refractivity (Wildman–Crippen MR) is 96.3 cm³/mol. The van der Waals surface area contributed by atoms with E-state index in [-0.39, 0.29) is 11.6 Å². The van der Waals surface area contributed by atoms with Crippen LogP contribution >= 0.6 is 0 Å². The molecule has 1 amide bonds. The minimum Gasteiger partial charge on any atom is -0.356 e. The van der Waals surface area contributed by atoms with Gasteiger partial charge in [-0.05, 0) is 31.4 Å². The maximum atomic E-state index is 13.6. The molecule has 4 rings (SSSR count). The van der Waals surface area contributed by atoms with Crippen molar-refractivity contribution < 1.29 is 22.4 Å². The second-order valence-electron chi connectivity index (χ2n) is 6.88. The van der Waals surface area contributed by atoms with Gasteiger partial charge in [-0.1, -0.05) is 0 Å². The van der Waals surface area contributed by atoms with Crippen molar-refractivity contribution in [3.8, 4) is 11.4 Å². The molecular formula is C18H16F4N6O. The van der Waals surface area contributed by atoms with Gasteiger partial charge in [-0.25, -0.2) is 19.3 Å². The molecule has 0 radical (unpaired) electrons. The van der Waals surface area contributed by atoms with Crippen LogP contribution in [-0.2, 0) is 4.79 Å². The average molecular weight is 408 g/mol. The summed E-state index contributed by atoms with van der Waals surface area (Å²) in [4.78, 5) is 27.7. The van der Waals surface area contributed by atoms with Gasteiger partial charge in [0, 0.05) is 23.3 Å². The van der Waals surface area contributed by atoms with Crippen LogP contribution in [0.15, 0.2) is 30.7 Å². The summed E-state index contributed by atoms with van der Waals surface area (Å²) in [6.45, 7) is -1.39. The van der Waals surface area contributed by atoms with Crippen LogP contribution in [0.25, 0.3) is 22.4 Å². The van der Waals surface area contributed by atoms with Crippen molar-refractivity contribution >= 4 is 22.8 Å². The Morgan fingerprint density at radius 2 is 2.07 bits per heavy atom. The van der Waals surface area contributed by atoms with Crippen LogP contribution < -0.4 is 10.6 Å². The summed E-state index contributed by atoms with van der Waals surface area (Å²) in [7, 11) is 0. The number of amides is 1. The van der Waals surface area contributed by atoms with E-state index in [9.17, 15) is 22.4 Å². The Morgan fingerprint density at radius 3 is 2.76 bits per heavy atom. The molecule has 1 aliphatic rings. The van der Waals surface area contributed by atoms with Crippen molar-refractivity contribution in [1.82, 2.24) is 25.3 Å². The Hall–Kier alpha value is -3.24. The summed E-state index contributed by atoms with van der Waals surface area (Å²) >= 11 is 0. The summed E-state index contributed by atoms with van der Waals surface area (Å²) in [6, 6.07) is 2.82. The van der Waals surface area contributed by atoms with Crippen molar-refractivity contribution in [1.29, 1.82) is 0 Å². The summed E-state index contributed by atoms with van der Waals surface area (Å²) in [5.41, 5.74) is -0.171. The van der Waals surface area contributed by atoms with Gasteiger partial charge in [0.2, 0.25) is 5.91 Å². The lowest BCUT2D eigenvalue weighted by Gasteiger charge is -2.41. The van der Waals surface area contributed by atoms with E-state index in [1.165, 1.54) is 18.3 Å². The molecule has 0 spiro atoms.